The van der Waals surface area contributed by atoms with Crippen LogP contribution in [0.1, 0.15) is 29.2 Å². The summed E-state index contributed by atoms with van der Waals surface area (Å²) >= 11 is 0. The van der Waals surface area contributed by atoms with E-state index in [0.717, 1.165) is 17.5 Å². The number of ether oxygens (including phenoxy) is 2. The van der Waals surface area contributed by atoms with E-state index in [-0.39, 0.29) is 42.2 Å². The maximum absolute atomic E-state index is 14.2. The molecule has 1 spiro atoms. The van der Waals surface area contributed by atoms with Crippen LogP contribution in [0.25, 0.3) is 0 Å². The summed E-state index contributed by atoms with van der Waals surface area (Å²) in [7, 11) is 3.10. The van der Waals surface area contributed by atoms with Crippen LogP contribution in [0.2, 0.25) is 0 Å². The topological polar surface area (TPSA) is 137 Å². The number of imide groups is 1. The molecule has 0 saturated carbocycles. The normalized spacial score (nSPS) is 24.2. The minimum atomic E-state index is -1.42. The second-order valence-electron chi connectivity index (χ2n) is 11.0. The van der Waals surface area contributed by atoms with E-state index in [9.17, 15) is 24.6 Å². The summed E-state index contributed by atoms with van der Waals surface area (Å²) in [5.41, 5.74) is 2.40. The second kappa shape index (κ2) is 10.4. The maximum Gasteiger partial charge on any atom is 0.250 e. The number of nitrogens with one attached hydrogen (secondary N) is 2. The Hall–Kier alpha value is -4.57. The molecule has 6 rings (SSSR count). The van der Waals surface area contributed by atoms with Gasteiger partial charge in [-0.05, 0) is 66.3 Å². The average Bonchev–Trinajstić information content (AvgIpc) is 3.57. The Kier molecular flexibility index (Phi) is 6.81. The van der Waals surface area contributed by atoms with E-state index in [1.807, 2.05) is 37.3 Å². The lowest BCUT2D eigenvalue weighted by Gasteiger charge is -2.30. The molecule has 0 aliphatic carbocycles. The number of hydrogen-bond acceptors (Lipinski definition) is 8. The molecule has 10 nitrogen and oxygen atoms in total. The van der Waals surface area contributed by atoms with Crippen molar-refractivity contribution >= 4 is 23.4 Å². The number of carbonyl (C=O) groups excluding carboxylic acids is 3. The van der Waals surface area contributed by atoms with E-state index < -0.39 is 23.4 Å². The van der Waals surface area contributed by atoms with Crippen LogP contribution in [0.15, 0.2) is 54.6 Å². The number of phenols is 2. The van der Waals surface area contributed by atoms with Crippen molar-refractivity contribution in [2.45, 2.75) is 37.8 Å². The predicted molar refractivity (Wildman–Crippen MR) is 153 cm³/mol. The van der Waals surface area contributed by atoms with Crippen LogP contribution in [0.3, 0.4) is 0 Å². The van der Waals surface area contributed by atoms with Gasteiger partial charge in [-0.3, -0.25) is 24.6 Å². The highest BCUT2D eigenvalue weighted by Crippen LogP contribution is 2.53. The number of likely N-dealkylation sites (tertiary alicyclic amines) is 1. The Morgan fingerprint density at radius 1 is 0.857 bits per heavy atom. The first kappa shape index (κ1) is 27.6. The zero-order chi connectivity index (χ0) is 29.8. The fourth-order valence-electron chi connectivity index (χ4n) is 6.75. The van der Waals surface area contributed by atoms with Crippen LogP contribution < -0.4 is 20.1 Å². The Morgan fingerprint density at radius 3 is 2.31 bits per heavy atom. The van der Waals surface area contributed by atoms with Gasteiger partial charge in [0.1, 0.15) is 5.54 Å². The second-order valence-corrected chi connectivity index (χ2v) is 11.0. The van der Waals surface area contributed by atoms with Crippen molar-refractivity contribution in [2.75, 3.05) is 26.1 Å². The molecule has 218 valence electrons. The van der Waals surface area contributed by atoms with Crippen LogP contribution >= 0.6 is 0 Å². The van der Waals surface area contributed by atoms with Gasteiger partial charge in [0.15, 0.2) is 23.0 Å². The quantitative estimate of drug-likeness (QED) is 0.239. The molecule has 3 heterocycles. The Morgan fingerprint density at radius 2 is 1.60 bits per heavy atom. The highest BCUT2D eigenvalue weighted by atomic mass is 16.5. The summed E-state index contributed by atoms with van der Waals surface area (Å²) in [6.07, 6.45) is 1.40. The molecule has 3 aromatic carbocycles. The molecule has 0 bridgehead atoms. The van der Waals surface area contributed by atoms with Crippen molar-refractivity contribution < 1.29 is 34.1 Å². The minimum Gasteiger partial charge on any atom is -0.504 e. The van der Waals surface area contributed by atoms with Crippen molar-refractivity contribution in [3.05, 3.63) is 76.9 Å². The molecular formula is C32H33N3O7. The smallest absolute Gasteiger partial charge is 0.250 e. The van der Waals surface area contributed by atoms with Crippen molar-refractivity contribution in [1.82, 2.24) is 10.2 Å². The van der Waals surface area contributed by atoms with Gasteiger partial charge in [-0.2, -0.15) is 0 Å². The highest BCUT2D eigenvalue weighted by molar-refractivity contribution is 6.15. The lowest BCUT2D eigenvalue weighted by atomic mass is 9.76. The number of fused-ring (bicyclic) bond motifs is 4. The monoisotopic (exact) mass is 571 g/mol. The first-order valence-corrected chi connectivity index (χ1v) is 14.0. The molecule has 3 aliphatic heterocycles. The SMILES string of the molecule is CCc1ccc2c(c1)[C@]1(N[C@H](Cc3ccc(O)c(O)c3)[C@@H]3C(=O)N(CCc4ccc(OC)c(OC)c4)C(=O)[C@@H]31)C(=O)N2. The summed E-state index contributed by atoms with van der Waals surface area (Å²) in [6.45, 7) is 2.16. The molecule has 2 saturated heterocycles. The lowest BCUT2D eigenvalue weighted by Crippen LogP contribution is -2.53. The Labute approximate surface area is 243 Å². The van der Waals surface area contributed by atoms with E-state index in [1.165, 1.54) is 17.0 Å². The van der Waals surface area contributed by atoms with Crippen molar-refractivity contribution in [3.8, 4) is 23.0 Å². The van der Waals surface area contributed by atoms with Crippen molar-refractivity contribution in [1.29, 1.82) is 0 Å². The third-order valence-corrected chi connectivity index (χ3v) is 8.85. The van der Waals surface area contributed by atoms with Gasteiger partial charge in [-0.1, -0.05) is 31.2 Å². The molecule has 0 radical (unpaired) electrons. The number of phenolic OH excluding ortho intramolecular Hbond substituents is 2. The lowest BCUT2D eigenvalue weighted by molar-refractivity contribution is -0.142. The van der Waals surface area contributed by atoms with Gasteiger partial charge < -0.3 is 25.0 Å². The molecule has 3 aliphatic rings. The molecule has 2 fully saturated rings. The van der Waals surface area contributed by atoms with Crippen LogP contribution in [-0.2, 0) is 39.2 Å². The number of rotatable bonds is 8. The number of amides is 3. The standard InChI is InChI=1S/C32H33N3O7/c1-4-17-5-8-21-20(13-17)32(31(40)33-21)28-27(22(34-32)14-19-6-9-23(36)24(37)15-19)29(38)35(30(28)39)12-11-18-7-10-25(41-2)26(16-18)42-3/h5-10,13,15-16,22,27-28,34,36-37H,4,11-12,14H2,1-3H3,(H,33,40)/t22-,27+,28-,32-/m1/s1. The minimum absolute atomic E-state index is 0.145. The Balaban J connectivity index is 1.37. The van der Waals surface area contributed by atoms with E-state index in [4.69, 9.17) is 9.47 Å². The average molecular weight is 572 g/mol. The van der Waals surface area contributed by atoms with Gasteiger partial charge in [-0.15, -0.1) is 0 Å². The van der Waals surface area contributed by atoms with Gasteiger partial charge in [0.05, 0.1) is 26.1 Å². The van der Waals surface area contributed by atoms with E-state index in [1.54, 1.807) is 26.4 Å². The zero-order valence-electron chi connectivity index (χ0n) is 23.6. The molecule has 0 unspecified atom stereocenters. The largest absolute Gasteiger partial charge is 0.504 e. The molecule has 10 heteroatoms. The number of hydrogen-bond donors (Lipinski definition) is 4. The fraction of sp³-hybridized carbons (Fsp3) is 0.344. The number of nitrogens with zero attached hydrogens (tertiary/aromatic N) is 1. The van der Waals surface area contributed by atoms with Gasteiger partial charge in [-0.25, -0.2) is 0 Å². The molecule has 4 N–H and O–H groups in total. The number of carbonyl (C=O) groups is 3. The van der Waals surface area contributed by atoms with Gasteiger partial charge in [0.25, 0.3) is 0 Å². The fourth-order valence-corrected chi connectivity index (χ4v) is 6.75. The number of aromatic hydroxyl groups is 2. The summed E-state index contributed by atoms with van der Waals surface area (Å²) in [6, 6.07) is 15.1. The van der Waals surface area contributed by atoms with Crippen molar-refractivity contribution in [2.24, 2.45) is 11.8 Å². The van der Waals surface area contributed by atoms with E-state index in [2.05, 4.69) is 10.6 Å². The Bertz CT molecular complexity index is 1600. The molecule has 42 heavy (non-hydrogen) atoms. The van der Waals surface area contributed by atoms with Crippen LogP contribution in [0.5, 0.6) is 23.0 Å². The van der Waals surface area contributed by atoms with Crippen LogP contribution in [0.4, 0.5) is 5.69 Å². The number of benzene rings is 3. The van der Waals surface area contributed by atoms with E-state index in [0.29, 0.717) is 34.7 Å². The first-order valence-electron chi connectivity index (χ1n) is 14.0. The molecule has 0 aromatic heterocycles. The van der Waals surface area contributed by atoms with Crippen molar-refractivity contribution in [3.63, 3.8) is 0 Å². The predicted octanol–water partition coefficient (Wildman–Crippen LogP) is 2.88. The molecule has 4 atom stereocenters. The van der Waals surface area contributed by atoms with E-state index >= 15 is 0 Å². The first-order chi connectivity index (χ1) is 20.2. The van der Waals surface area contributed by atoms with Crippen LogP contribution in [-0.4, -0.2) is 59.6 Å². The number of anilines is 1. The van der Waals surface area contributed by atoms with Crippen LogP contribution in [0, 0.1) is 11.8 Å². The molecular weight excluding hydrogens is 538 g/mol. The third kappa shape index (κ3) is 4.16. The maximum atomic E-state index is 14.2. The summed E-state index contributed by atoms with van der Waals surface area (Å²) in [4.78, 5) is 43.3. The summed E-state index contributed by atoms with van der Waals surface area (Å²) in [5.74, 6) is -2.24. The summed E-state index contributed by atoms with van der Waals surface area (Å²) < 4.78 is 10.7. The van der Waals surface area contributed by atoms with Gasteiger partial charge >= 0.3 is 0 Å². The number of aryl methyl sites for hydroxylation is 1. The zero-order valence-corrected chi connectivity index (χ0v) is 23.6. The third-order valence-electron chi connectivity index (χ3n) is 8.85. The number of methoxy groups -OCH3 is 2. The highest BCUT2D eigenvalue weighted by Gasteiger charge is 2.70. The molecule has 3 aromatic rings. The van der Waals surface area contributed by atoms with Gasteiger partial charge in [0.2, 0.25) is 17.7 Å². The summed E-state index contributed by atoms with van der Waals surface area (Å²) in [5, 5.41) is 26.3. The molecule has 3 amide bonds. The van der Waals surface area contributed by atoms with Gasteiger partial charge in [0, 0.05) is 23.8 Å².